The number of carbonyl (C=O) groups excluding carboxylic acids is 1. The smallest absolute Gasteiger partial charge is 0.457 e. The summed E-state index contributed by atoms with van der Waals surface area (Å²) in [6.45, 7) is 3.94. The predicted molar refractivity (Wildman–Crippen MR) is 211 cm³/mol. The van der Waals surface area contributed by atoms with Gasteiger partial charge in [0, 0.05) is 6.61 Å². The first-order valence-corrected chi connectivity index (χ1v) is 21.3. The number of hydrogen-bond donors (Lipinski definition) is 6. The number of esters is 1. The molecule has 310 valence electrons. The van der Waals surface area contributed by atoms with Gasteiger partial charge in [-0.2, -0.15) is 0 Å². The molecule has 0 aromatic heterocycles. The molecule has 0 aromatic rings. The molecule has 13 heteroatoms. The number of phosphoric acid groups is 1. The normalized spacial score (nSPS) is 24.2. The maximum absolute atomic E-state index is 12.7. The van der Waals surface area contributed by atoms with Gasteiger partial charge in [-0.25, -0.2) is 4.57 Å². The lowest BCUT2D eigenvalue weighted by molar-refractivity contribution is -0.220. The van der Waals surface area contributed by atoms with Gasteiger partial charge in [-0.1, -0.05) is 125 Å². The molecule has 6 N–H and O–H groups in total. The zero-order chi connectivity index (χ0) is 39.9. The van der Waals surface area contributed by atoms with Gasteiger partial charge in [-0.05, 0) is 57.8 Å². The van der Waals surface area contributed by atoms with Crippen molar-refractivity contribution in [3.8, 4) is 0 Å². The third-order valence-corrected chi connectivity index (χ3v) is 9.58. The lowest BCUT2D eigenvalue weighted by Gasteiger charge is -2.41. The van der Waals surface area contributed by atoms with Gasteiger partial charge in [-0.3, -0.25) is 13.8 Å². The topological polar surface area (TPSA) is 192 Å². The zero-order valence-electron chi connectivity index (χ0n) is 32.5. The maximum atomic E-state index is 12.7. The second-order valence-corrected chi connectivity index (χ2v) is 14.8. The summed E-state index contributed by atoms with van der Waals surface area (Å²) in [6, 6.07) is 0. The molecule has 6 atom stereocenters. The van der Waals surface area contributed by atoms with Crippen LogP contribution in [0.2, 0.25) is 0 Å². The molecule has 1 fully saturated rings. The Morgan fingerprint density at radius 2 is 1.09 bits per heavy atom. The van der Waals surface area contributed by atoms with Crippen molar-refractivity contribution in [2.24, 2.45) is 0 Å². The molecule has 0 heterocycles. The largest absolute Gasteiger partial charge is 0.472 e. The van der Waals surface area contributed by atoms with Crippen molar-refractivity contribution in [3.05, 3.63) is 72.9 Å². The summed E-state index contributed by atoms with van der Waals surface area (Å²) in [6.07, 6.45) is 27.3. The number of aliphatic hydroxyl groups is 5. The molecule has 54 heavy (non-hydrogen) atoms. The molecule has 0 radical (unpaired) electrons. The number of phosphoric ester groups is 1. The Balaban J connectivity index is 2.55. The van der Waals surface area contributed by atoms with E-state index in [0.717, 1.165) is 64.2 Å². The van der Waals surface area contributed by atoms with Crippen LogP contribution in [0.3, 0.4) is 0 Å². The Bertz CT molecular complexity index is 1170. The van der Waals surface area contributed by atoms with E-state index in [1.165, 1.54) is 25.7 Å². The Morgan fingerprint density at radius 1 is 0.611 bits per heavy atom. The van der Waals surface area contributed by atoms with Crippen molar-refractivity contribution >= 4 is 13.8 Å². The van der Waals surface area contributed by atoms with E-state index in [9.17, 15) is 39.8 Å². The van der Waals surface area contributed by atoms with Gasteiger partial charge >= 0.3 is 13.8 Å². The van der Waals surface area contributed by atoms with Crippen LogP contribution in [0, 0.1) is 0 Å². The fourth-order valence-corrected chi connectivity index (χ4v) is 6.38. The van der Waals surface area contributed by atoms with E-state index < -0.39 is 63.1 Å². The van der Waals surface area contributed by atoms with Crippen molar-refractivity contribution in [1.82, 2.24) is 0 Å². The van der Waals surface area contributed by atoms with Crippen molar-refractivity contribution in [1.29, 1.82) is 0 Å². The molecule has 1 rings (SSSR count). The average Bonchev–Trinajstić information content (AvgIpc) is 3.15. The van der Waals surface area contributed by atoms with Crippen LogP contribution in [-0.4, -0.2) is 98.9 Å². The van der Waals surface area contributed by atoms with E-state index in [1.54, 1.807) is 6.08 Å². The monoisotopic (exact) mass is 784 g/mol. The molecule has 1 aliphatic carbocycles. The number of unbranched alkanes of at least 4 members (excludes halogenated alkanes) is 8. The fraction of sp³-hybridized carbons (Fsp3) is 0.683. The summed E-state index contributed by atoms with van der Waals surface area (Å²) < 4.78 is 33.8. The highest BCUT2D eigenvalue weighted by Crippen LogP contribution is 2.47. The van der Waals surface area contributed by atoms with Crippen molar-refractivity contribution < 1.29 is 58.3 Å². The third-order valence-electron chi connectivity index (χ3n) is 8.60. The van der Waals surface area contributed by atoms with E-state index in [1.807, 2.05) is 18.2 Å². The number of ether oxygens (including phenoxy) is 2. The molecule has 0 spiro atoms. The van der Waals surface area contributed by atoms with Gasteiger partial charge in [0.05, 0.1) is 19.6 Å². The van der Waals surface area contributed by atoms with Crippen LogP contribution in [0.5, 0.6) is 0 Å². The second-order valence-electron chi connectivity index (χ2n) is 13.4. The Kier molecular flexibility index (Phi) is 29.4. The van der Waals surface area contributed by atoms with Gasteiger partial charge in [0.25, 0.3) is 0 Å². The van der Waals surface area contributed by atoms with E-state index in [4.69, 9.17) is 18.5 Å². The molecule has 1 aliphatic rings. The molecule has 0 bridgehead atoms. The zero-order valence-corrected chi connectivity index (χ0v) is 33.4. The first-order valence-electron chi connectivity index (χ1n) is 19.8. The van der Waals surface area contributed by atoms with Crippen molar-refractivity contribution in [2.75, 3.05) is 19.8 Å². The second kappa shape index (κ2) is 31.9. The molecule has 6 unspecified atom stereocenters. The van der Waals surface area contributed by atoms with E-state index in [-0.39, 0.29) is 13.0 Å². The van der Waals surface area contributed by atoms with Crippen molar-refractivity contribution in [2.45, 2.75) is 159 Å². The van der Waals surface area contributed by atoms with E-state index in [0.29, 0.717) is 13.0 Å². The van der Waals surface area contributed by atoms with Crippen LogP contribution >= 0.6 is 7.82 Å². The number of allylic oxidation sites excluding steroid dienone is 11. The van der Waals surface area contributed by atoms with Crippen LogP contribution in [0.25, 0.3) is 0 Å². The number of aliphatic hydroxyl groups excluding tert-OH is 5. The van der Waals surface area contributed by atoms with Crippen LogP contribution in [0.15, 0.2) is 72.9 Å². The van der Waals surface area contributed by atoms with Crippen LogP contribution in [-0.2, 0) is 27.9 Å². The third kappa shape index (κ3) is 24.3. The molecular weight excluding hydrogens is 715 g/mol. The highest BCUT2D eigenvalue weighted by molar-refractivity contribution is 7.47. The minimum absolute atomic E-state index is 0.0512. The quantitative estimate of drug-likeness (QED) is 0.0186. The Hall–Kier alpha value is -2.22. The summed E-state index contributed by atoms with van der Waals surface area (Å²) in [4.78, 5) is 23.0. The van der Waals surface area contributed by atoms with Gasteiger partial charge in [0.15, 0.2) is 0 Å². The summed E-state index contributed by atoms with van der Waals surface area (Å²) in [5, 5.41) is 50.0. The van der Waals surface area contributed by atoms with Crippen LogP contribution in [0.4, 0.5) is 0 Å². The molecule has 0 aromatic carbocycles. The van der Waals surface area contributed by atoms with Gasteiger partial charge in [-0.15, -0.1) is 0 Å². The molecule has 0 saturated heterocycles. The minimum Gasteiger partial charge on any atom is -0.457 e. The fourth-order valence-electron chi connectivity index (χ4n) is 5.41. The minimum atomic E-state index is -5.04. The Labute approximate surface area is 323 Å². The molecular formula is C41H69O12P. The summed E-state index contributed by atoms with van der Waals surface area (Å²) >= 11 is 0. The highest BCUT2D eigenvalue weighted by atomic mass is 31.2. The Morgan fingerprint density at radius 3 is 1.65 bits per heavy atom. The van der Waals surface area contributed by atoms with Crippen molar-refractivity contribution in [3.63, 3.8) is 0 Å². The lowest BCUT2D eigenvalue weighted by atomic mass is 9.85. The molecule has 0 aliphatic heterocycles. The summed E-state index contributed by atoms with van der Waals surface area (Å²) in [7, 11) is -5.04. The SMILES string of the molecule is CC/C=C\C/C=C\C/C=C\C/C=C\C/C=C\CC(=O)OC(COCCCCCCCC/C=C\CCCC)COP(=O)(O)OC1C(O)C(O)C(O)C(O)C1O. The maximum Gasteiger partial charge on any atom is 0.472 e. The van der Waals surface area contributed by atoms with E-state index >= 15 is 0 Å². The first-order chi connectivity index (χ1) is 26.0. The van der Waals surface area contributed by atoms with Gasteiger partial charge in [0.1, 0.15) is 42.7 Å². The van der Waals surface area contributed by atoms with Crippen LogP contribution in [0.1, 0.15) is 117 Å². The average molecular weight is 785 g/mol. The number of carbonyl (C=O) groups is 1. The summed E-state index contributed by atoms with van der Waals surface area (Å²) in [5.74, 6) is -0.610. The standard InChI is InChI=1S/C41H69O12P/c1-3-5-7-9-11-13-15-17-18-19-20-22-24-26-28-30-35(42)52-34(32-50-31-29-27-25-23-21-16-14-12-10-8-6-4-2)33-51-54(48,49)53-41-39(46)37(44)36(43)38(45)40(41)47/h5,7,10-13,17-18,20,22,26,28,34,36-41,43-47H,3-4,6,8-9,14-16,19,21,23-25,27,29-33H2,1-2H3,(H,48,49)/b7-5-,12-10-,13-11-,18-17-,22-20-,28-26-. The van der Waals surface area contributed by atoms with Crippen LogP contribution < -0.4 is 0 Å². The number of rotatable bonds is 31. The highest BCUT2D eigenvalue weighted by Gasteiger charge is 2.51. The van der Waals surface area contributed by atoms with Gasteiger partial charge < -0.3 is 39.9 Å². The molecule has 12 nitrogen and oxygen atoms in total. The number of hydrogen-bond acceptors (Lipinski definition) is 11. The summed E-state index contributed by atoms with van der Waals surface area (Å²) in [5.41, 5.74) is 0. The predicted octanol–water partition coefficient (Wildman–Crippen LogP) is 6.85. The van der Waals surface area contributed by atoms with E-state index in [2.05, 4.69) is 62.5 Å². The lowest BCUT2D eigenvalue weighted by Crippen LogP contribution is -2.64. The molecule has 1 saturated carbocycles. The first kappa shape index (κ1) is 49.8. The van der Waals surface area contributed by atoms with Gasteiger partial charge in [0.2, 0.25) is 0 Å². The molecule has 0 amide bonds.